The molecule has 5 rings (SSSR count). The van der Waals surface area contributed by atoms with E-state index in [4.69, 9.17) is 14.5 Å². The van der Waals surface area contributed by atoms with Crippen molar-refractivity contribution in [1.82, 2.24) is 14.9 Å². The van der Waals surface area contributed by atoms with Crippen molar-refractivity contribution in [2.75, 3.05) is 43.2 Å². The first kappa shape index (κ1) is 16.6. The van der Waals surface area contributed by atoms with Crippen molar-refractivity contribution in [3.05, 3.63) is 35.5 Å². The standard InChI is InChI=1S/C20H25N5O2/c1-14-11-21-20(23-19(14)22-16-3-4-16)25-8-6-24(7-9-25)12-15-2-5-17-18(10-15)27-13-26-17/h2,5,10-11,16H,3-4,6-9,12-13H2,1H3,(H,21,22,23). The third kappa shape index (κ3) is 3.64. The minimum atomic E-state index is 0.325. The maximum absolute atomic E-state index is 5.48. The molecule has 2 aliphatic heterocycles. The number of aromatic nitrogens is 2. The number of hydrogen-bond donors (Lipinski definition) is 1. The summed E-state index contributed by atoms with van der Waals surface area (Å²) >= 11 is 0. The topological polar surface area (TPSA) is 62.8 Å². The molecule has 3 aliphatic rings. The second-order valence-corrected chi connectivity index (χ2v) is 7.57. The molecule has 0 unspecified atom stereocenters. The van der Waals surface area contributed by atoms with Crippen LogP contribution in [-0.2, 0) is 6.54 Å². The van der Waals surface area contributed by atoms with Crippen LogP contribution in [0, 0.1) is 6.92 Å². The Balaban J connectivity index is 1.20. The van der Waals surface area contributed by atoms with E-state index in [0.717, 1.165) is 61.6 Å². The van der Waals surface area contributed by atoms with Crippen LogP contribution in [0.3, 0.4) is 0 Å². The van der Waals surface area contributed by atoms with Gasteiger partial charge in [0.15, 0.2) is 11.5 Å². The lowest BCUT2D eigenvalue weighted by atomic mass is 10.1. The van der Waals surface area contributed by atoms with Crippen LogP contribution in [0.5, 0.6) is 11.5 Å². The molecule has 1 aromatic carbocycles. The van der Waals surface area contributed by atoms with Gasteiger partial charge in [0, 0.05) is 50.5 Å². The lowest BCUT2D eigenvalue weighted by Crippen LogP contribution is -2.46. The zero-order valence-corrected chi connectivity index (χ0v) is 15.6. The van der Waals surface area contributed by atoms with Gasteiger partial charge in [-0.15, -0.1) is 0 Å². The summed E-state index contributed by atoms with van der Waals surface area (Å²) in [4.78, 5) is 14.1. The van der Waals surface area contributed by atoms with E-state index in [1.807, 2.05) is 12.3 Å². The van der Waals surface area contributed by atoms with Crippen LogP contribution < -0.4 is 19.7 Å². The summed E-state index contributed by atoms with van der Waals surface area (Å²) in [6.07, 6.45) is 4.43. The lowest BCUT2D eigenvalue weighted by molar-refractivity contribution is 0.174. The molecule has 1 aromatic heterocycles. The van der Waals surface area contributed by atoms with Crippen molar-refractivity contribution in [1.29, 1.82) is 0 Å². The van der Waals surface area contributed by atoms with E-state index in [0.29, 0.717) is 12.8 Å². The molecular formula is C20H25N5O2. The molecule has 1 saturated heterocycles. The van der Waals surface area contributed by atoms with E-state index < -0.39 is 0 Å². The summed E-state index contributed by atoms with van der Waals surface area (Å²) in [7, 11) is 0. The number of benzene rings is 1. The van der Waals surface area contributed by atoms with Gasteiger partial charge >= 0.3 is 0 Å². The van der Waals surface area contributed by atoms with Crippen LogP contribution in [0.15, 0.2) is 24.4 Å². The molecule has 0 atom stereocenters. The van der Waals surface area contributed by atoms with Gasteiger partial charge in [-0.25, -0.2) is 4.98 Å². The summed E-state index contributed by atoms with van der Waals surface area (Å²) in [6, 6.07) is 6.82. The molecule has 0 bridgehead atoms. The molecular weight excluding hydrogens is 342 g/mol. The zero-order chi connectivity index (χ0) is 18.2. The SMILES string of the molecule is Cc1cnc(N2CCN(Cc3ccc4c(c3)OCO4)CC2)nc1NC1CC1. The Morgan fingerprint density at radius 3 is 2.74 bits per heavy atom. The highest BCUT2D eigenvalue weighted by Gasteiger charge is 2.24. The fourth-order valence-electron chi connectivity index (χ4n) is 3.56. The fourth-order valence-corrected chi connectivity index (χ4v) is 3.56. The number of piperazine rings is 1. The Labute approximate surface area is 159 Å². The fraction of sp³-hybridized carbons (Fsp3) is 0.500. The van der Waals surface area contributed by atoms with Crippen molar-refractivity contribution in [2.24, 2.45) is 0 Å². The number of anilines is 2. The van der Waals surface area contributed by atoms with E-state index in [-0.39, 0.29) is 0 Å². The molecule has 7 nitrogen and oxygen atoms in total. The van der Waals surface area contributed by atoms with Gasteiger partial charge in [0.25, 0.3) is 0 Å². The Morgan fingerprint density at radius 2 is 1.93 bits per heavy atom. The van der Waals surface area contributed by atoms with Gasteiger partial charge in [-0.3, -0.25) is 4.90 Å². The molecule has 1 saturated carbocycles. The molecule has 3 heterocycles. The normalized spacial score (nSPS) is 19.4. The van der Waals surface area contributed by atoms with Crippen molar-refractivity contribution in [3.63, 3.8) is 0 Å². The first-order valence-corrected chi connectivity index (χ1v) is 9.70. The van der Waals surface area contributed by atoms with Crippen molar-refractivity contribution in [3.8, 4) is 11.5 Å². The predicted molar refractivity (Wildman–Crippen MR) is 103 cm³/mol. The number of ether oxygens (including phenoxy) is 2. The van der Waals surface area contributed by atoms with Crippen LogP contribution in [0.2, 0.25) is 0 Å². The zero-order valence-electron chi connectivity index (χ0n) is 15.6. The lowest BCUT2D eigenvalue weighted by Gasteiger charge is -2.35. The minimum Gasteiger partial charge on any atom is -0.454 e. The second-order valence-electron chi connectivity index (χ2n) is 7.57. The van der Waals surface area contributed by atoms with Crippen LogP contribution in [0.25, 0.3) is 0 Å². The highest BCUT2D eigenvalue weighted by atomic mass is 16.7. The quantitative estimate of drug-likeness (QED) is 0.871. The van der Waals surface area contributed by atoms with E-state index in [1.165, 1.54) is 18.4 Å². The van der Waals surface area contributed by atoms with Crippen LogP contribution >= 0.6 is 0 Å². The first-order chi connectivity index (χ1) is 13.2. The number of fused-ring (bicyclic) bond motifs is 1. The largest absolute Gasteiger partial charge is 0.454 e. The van der Waals surface area contributed by atoms with Gasteiger partial charge in [0.05, 0.1) is 0 Å². The van der Waals surface area contributed by atoms with Gasteiger partial charge < -0.3 is 19.7 Å². The Kier molecular flexibility index (Phi) is 4.24. The number of nitrogens with one attached hydrogen (secondary N) is 1. The molecule has 1 aliphatic carbocycles. The average Bonchev–Trinajstić information content (AvgIpc) is 3.38. The summed E-state index contributed by atoms with van der Waals surface area (Å²) in [5, 5.41) is 3.52. The van der Waals surface area contributed by atoms with E-state index in [9.17, 15) is 0 Å². The molecule has 142 valence electrons. The highest BCUT2D eigenvalue weighted by molar-refractivity contribution is 5.49. The van der Waals surface area contributed by atoms with E-state index in [2.05, 4.69) is 39.2 Å². The van der Waals surface area contributed by atoms with Crippen molar-refractivity contribution in [2.45, 2.75) is 32.4 Å². The van der Waals surface area contributed by atoms with Gasteiger partial charge in [-0.1, -0.05) is 6.07 Å². The number of aryl methyl sites for hydroxylation is 1. The van der Waals surface area contributed by atoms with Gasteiger partial charge in [-0.05, 0) is 37.5 Å². The average molecular weight is 367 g/mol. The molecule has 7 heteroatoms. The van der Waals surface area contributed by atoms with E-state index >= 15 is 0 Å². The monoisotopic (exact) mass is 367 g/mol. The van der Waals surface area contributed by atoms with Gasteiger partial charge in [0.2, 0.25) is 12.7 Å². The first-order valence-electron chi connectivity index (χ1n) is 9.70. The van der Waals surface area contributed by atoms with E-state index in [1.54, 1.807) is 0 Å². The highest BCUT2D eigenvalue weighted by Crippen LogP contribution is 2.33. The smallest absolute Gasteiger partial charge is 0.231 e. The summed E-state index contributed by atoms with van der Waals surface area (Å²) in [6.45, 7) is 7.19. The molecule has 2 fully saturated rings. The van der Waals surface area contributed by atoms with Gasteiger partial charge in [0.1, 0.15) is 5.82 Å². The molecule has 27 heavy (non-hydrogen) atoms. The Morgan fingerprint density at radius 1 is 1.11 bits per heavy atom. The molecule has 0 radical (unpaired) electrons. The van der Waals surface area contributed by atoms with Crippen LogP contribution in [0.4, 0.5) is 11.8 Å². The molecule has 2 aromatic rings. The maximum Gasteiger partial charge on any atom is 0.231 e. The summed E-state index contributed by atoms with van der Waals surface area (Å²) < 4.78 is 10.9. The van der Waals surface area contributed by atoms with Gasteiger partial charge in [-0.2, -0.15) is 4.98 Å². The predicted octanol–water partition coefficient (Wildman–Crippen LogP) is 2.41. The summed E-state index contributed by atoms with van der Waals surface area (Å²) in [5.74, 6) is 3.53. The number of hydrogen-bond acceptors (Lipinski definition) is 7. The number of nitrogens with zero attached hydrogens (tertiary/aromatic N) is 4. The Bertz CT molecular complexity index is 831. The molecule has 0 amide bonds. The Hall–Kier alpha value is -2.54. The van der Waals surface area contributed by atoms with Crippen molar-refractivity contribution < 1.29 is 9.47 Å². The minimum absolute atomic E-state index is 0.325. The molecule has 0 spiro atoms. The van der Waals surface area contributed by atoms with Crippen molar-refractivity contribution >= 4 is 11.8 Å². The summed E-state index contributed by atoms with van der Waals surface area (Å²) in [5.41, 5.74) is 2.38. The third-order valence-corrected chi connectivity index (χ3v) is 5.38. The third-order valence-electron chi connectivity index (χ3n) is 5.38. The second kappa shape index (κ2) is 6.88. The number of rotatable bonds is 5. The molecule has 1 N–H and O–H groups in total. The van der Waals surface area contributed by atoms with Crippen LogP contribution in [-0.4, -0.2) is 53.9 Å². The van der Waals surface area contributed by atoms with Crippen LogP contribution in [0.1, 0.15) is 24.0 Å². The maximum atomic E-state index is 5.48.